The lowest BCUT2D eigenvalue weighted by molar-refractivity contribution is 0.626. The predicted molar refractivity (Wildman–Crippen MR) is 101 cm³/mol. The summed E-state index contributed by atoms with van der Waals surface area (Å²) in [7, 11) is 0. The van der Waals surface area contributed by atoms with Gasteiger partial charge < -0.3 is 0 Å². The maximum Gasteiger partial charge on any atom is 0.192 e. The van der Waals surface area contributed by atoms with E-state index < -0.39 is 0 Å². The van der Waals surface area contributed by atoms with Crippen LogP contribution in [0, 0.1) is 5.82 Å². The molecular formula is C19H13FN8. The second-order valence-corrected chi connectivity index (χ2v) is 6.47. The van der Waals surface area contributed by atoms with Crippen molar-refractivity contribution in [2.75, 3.05) is 16.7 Å². The quantitative estimate of drug-likeness (QED) is 0.541. The minimum atomic E-state index is -0.290. The van der Waals surface area contributed by atoms with Gasteiger partial charge >= 0.3 is 0 Å². The summed E-state index contributed by atoms with van der Waals surface area (Å²) >= 11 is 0. The molecule has 0 aliphatic carbocycles. The van der Waals surface area contributed by atoms with E-state index in [1.165, 1.54) is 12.1 Å². The SMILES string of the molecule is Fc1ccc(-n2cc(N3CN=C4c5ccccc5-n5cncc5N43)nn2)cc1. The molecule has 2 aromatic heterocycles. The van der Waals surface area contributed by atoms with Gasteiger partial charge in [0.15, 0.2) is 17.5 Å². The highest BCUT2D eigenvalue weighted by Gasteiger charge is 2.37. The van der Waals surface area contributed by atoms with Crippen molar-refractivity contribution in [1.82, 2.24) is 24.5 Å². The van der Waals surface area contributed by atoms with Crippen molar-refractivity contribution in [2.24, 2.45) is 4.99 Å². The summed E-state index contributed by atoms with van der Waals surface area (Å²) in [6.07, 6.45) is 5.39. The van der Waals surface area contributed by atoms with E-state index in [1.807, 2.05) is 38.9 Å². The van der Waals surface area contributed by atoms with Crippen LogP contribution in [0.4, 0.5) is 16.0 Å². The van der Waals surface area contributed by atoms with Crippen molar-refractivity contribution in [3.05, 3.63) is 78.6 Å². The minimum absolute atomic E-state index is 0.290. The minimum Gasteiger partial charge on any atom is -0.283 e. The van der Waals surface area contributed by atoms with Gasteiger partial charge in [0.25, 0.3) is 0 Å². The largest absolute Gasteiger partial charge is 0.283 e. The van der Waals surface area contributed by atoms with Crippen LogP contribution in [0.1, 0.15) is 5.56 Å². The summed E-state index contributed by atoms with van der Waals surface area (Å²) in [5.41, 5.74) is 2.80. The van der Waals surface area contributed by atoms with Crippen molar-refractivity contribution in [3.63, 3.8) is 0 Å². The van der Waals surface area contributed by atoms with E-state index in [1.54, 1.807) is 35.5 Å². The number of benzene rings is 2. The fourth-order valence-corrected chi connectivity index (χ4v) is 3.58. The number of nitrogens with zero attached hydrogens (tertiary/aromatic N) is 8. The summed E-state index contributed by atoms with van der Waals surface area (Å²) in [6.45, 7) is 0.414. The third kappa shape index (κ3) is 2.04. The Hall–Kier alpha value is -4.01. The number of rotatable bonds is 2. The normalized spacial score (nSPS) is 14.5. The molecule has 8 nitrogen and oxygen atoms in total. The molecule has 6 rings (SSSR count). The number of para-hydroxylation sites is 1. The number of anilines is 2. The van der Waals surface area contributed by atoms with Crippen molar-refractivity contribution in [2.45, 2.75) is 0 Å². The number of hydrogen-bond donors (Lipinski definition) is 0. The van der Waals surface area contributed by atoms with E-state index in [2.05, 4.69) is 15.3 Å². The van der Waals surface area contributed by atoms with Gasteiger partial charge in [-0.15, -0.1) is 5.10 Å². The number of fused-ring (bicyclic) bond motifs is 6. The van der Waals surface area contributed by atoms with Crippen molar-refractivity contribution in [1.29, 1.82) is 0 Å². The molecule has 2 aromatic carbocycles. The van der Waals surface area contributed by atoms with Crippen LogP contribution in [0.3, 0.4) is 0 Å². The Morgan fingerprint density at radius 2 is 1.86 bits per heavy atom. The molecule has 0 saturated carbocycles. The Balaban J connectivity index is 1.42. The molecule has 2 aliphatic rings. The lowest BCUT2D eigenvalue weighted by Gasteiger charge is -2.33. The van der Waals surface area contributed by atoms with Crippen molar-refractivity contribution in [3.8, 4) is 11.4 Å². The molecule has 136 valence electrons. The van der Waals surface area contributed by atoms with Gasteiger partial charge in [0, 0.05) is 5.56 Å². The topological polar surface area (TPSA) is 67.4 Å². The van der Waals surface area contributed by atoms with Gasteiger partial charge in [-0.25, -0.2) is 29.1 Å². The van der Waals surface area contributed by atoms with Gasteiger partial charge in [-0.2, -0.15) is 0 Å². The molecule has 0 saturated heterocycles. The molecule has 28 heavy (non-hydrogen) atoms. The highest BCUT2D eigenvalue weighted by atomic mass is 19.1. The number of aromatic nitrogens is 5. The van der Waals surface area contributed by atoms with Gasteiger partial charge in [-0.1, -0.05) is 17.3 Å². The smallest absolute Gasteiger partial charge is 0.192 e. The Morgan fingerprint density at radius 3 is 2.75 bits per heavy atom. The molecular weight excluding hydrogens is 359 g/mol. The zero-order valence-electron chi connectivity index (χ0n) is 14.5. The lowest BCUT2D eigenvalue weighted by Crippen LogP contribution is -2.45. The van der Waals surface area contributed by atoms with Crippen LogP contribution in [0.2, 0.25) is 0 Å². The van der Waals surface area contributed by atoms with Crippen molar-refractivity contribution < 1.29 is 4.39 Å². The zero-order valence-corrected chi connectivity index (χ0v) is 14.5. The number of hydrogen-bond acceptors (Lipinski definition) is 6. The molecule has 0 bridgehead atoms. The van der Waals surface area contributed by atoms with Crippen LogP contribution in [0.5, 0.6) is 0 Å². The molecule has 0 amide bonds. The second-order valence-electron chi connectivity index (χ2n) is 6.47. The van der Waals surface area contributed by atoms with E-state index in [0.29, 0.717) is 12.5 Å². The average Bonchev–Trinajstić information content (AvgIpc) is 3.46. The molecule has 4 aromatic rings. The molecule has 0 fully saturated rings. The van der Waals surface area contributed by atoms with E-state index in [-0.39, 0.29) is 5.82 Å². The molecule has 0 atom stereocenters. The number of hydrazine groups is 1. The van der Waals surface area contributed by atoms with Crippen LogP contribution in [0.25, 0.3) is 11.4 Å². The Morgan fingerprint density at radius 1 is 1.00 bits per heavy atom. The lowest BCUT2D eigenvalue weighted by atomic mass is 10.1. The van der Waals surface area contributed by atoms with Gasteiger partial charge in [0.2, 0.25) is 0 Å². The van der Waals surface area contributed by atoms with Crippen LogP contribution in [0.15, 0.2) is 72.2 Å². The van der Waals surface area contributed by atoms with E-state index >= 15 is 0 Å². The van der Waals surface area contributed by atoms with Crippen LogP contribution >= 0.6 is 0 Å². The standard InChI is InChI=1S/C19H13FN8/c20-13-5-7-14(8-6-13)26-10-17(23-24-26)27-12-22-19-15-3-1-2-4-16(15)25-11-21-9-18(25)28(19)27/h1-11H,12H2. The molecule has 2 aliphatic heterocycles. The average molecular weight is 372 g/mol. The first-order valence-electron chi connectivity index (χ1n) is 8.72. The van der Waals surface area contributed by atoms with Crippen LogP contribution in [-0.2, 0) is 0 Å². The van der Waals surface area contributed by atoms with E-state index in [0.717, 1.165) is 28.6 Å². The summed E-state index contributed by atoms with van der Waals surface area (Å²) in [6, 6.07) is 14.2. The monoisotopic (exact) mass is 372 g/mol. The maximum atomic E-state index is 13.2. The Kier molecular flexibility index (Phi) is 2.96. The van der Waals surface area contributed by atoms with Gasteiger partial charge in [-0.05, 0) is 36.4 Å². The second kappa shape index (κ2) is 5.49. The number of amidine groups is 1. The third-order valence-electron chi connectivity index (χ3n) is 4.87. The summed E-state index contributed by atoms with van der Waals surface area (Å²) in [5.74, 6) is 2.07. The van der Waals surface area contributed by atoms with Gasteiger partial charge in [0.05, 0.1) is 23.8 Å². The first kappa shape index (κ1) is 15.1. The van der Waals surface area contributed by atoms with Crippen molar-refractivity contribution >= 4 is 17.5 Å². The summed E-state index contributed by atoms with van der Waals surface area (Å²) < 4.78 is 16.8. The fraction of sp³-hybridized carbons (Fsp3) is 0.0526. The molecule has 0 unspecified atom stereocenters. The summed E-state index contributed by atoms with van der Waals surface area (Å²) in [5, 5.41) is 12.4. The number of halogens is 1. The number of aliphatic imine (C=N–C) groups is 1. The van der Waals surface area contributed by atoms with Crippen LogP contribution in [-0.4, -0.2) is 37.0 Å². The molecule has 0 N–H and O–H groups in total. The highest BCUT2D eigenvalue weighted by Crippen LogP contribution is 2.35. The van der Waals surface area contributed by atoms with Gasteiger partial charge in [-0.3, -0.25) is 4.57 Å². The molecule has 0 radical (unpaired) electrons. The Bertz CT molecular complexity index is 1220. The number of imidazole rings is 1. The summed E-state index contributed by atoms with van der Waals surface area (Å²) in [4.78, 5) is 9.04. The van der Waals surface area contributed by atoms with E-state index in [9.17, 15) is 4.39 Å². The Labute approximate surface area is 158 Å². The third-order valence-corrected chi connectivity index (χ3v) is 4.87. The molecule has 4 heterocycles. The fourth-order valence-electron chi connectivity index (χ4n) is 3.58. The van der Waals surface area contributed by atoms with E-state index in [4.69, 9.17) is 4.99 Å². The molecule has 9 heteroatoms. The predicted octanol–water partition coefficient (Wildman–Crippen LogP) is 2.55. The maximum absolute atomic E-state index is 13.2. The molecule has 0 spiro atoms. The highest BCUT2D eigenvalue weighted by molar-refractivity contribution is 6.16. The first-order chi connectivity index (χ1) is 13.8. The van der Waals surface area contributed by atoms with Gasteiger partial charge in [0.1, 0.15) is 18.8 Å². The zero-order chi connectivity index (χ0) is 18.7. The first-order valence-corrected chi connectivity index (χ1v) is 8.72. The van der Waals surface area contributed by atoms with Crippen LogP contribution < -0.4 is 10.0 Å².